The molecule has 194 valence electrons. The van der Waals surface area contributed by atoms with Gasteiger partial charge in [-0.2, -0.15) is 0 Å². The molecule has 5 rings (SSSR count). The molecule has 2 atom stereocenters. The number of nitrogens with zero attached hydrogens (tertiary/aromatic N) is 2. The number of anilines is 2. The van der Waals surface area contributed by atoms with E-state index in [4.69, 9.17) is 14.5 Å². The van der Waals surface area contributed by atoms with Crippen molar-refractivity contribution in [2.24, 2.45) is 0 Å². The Morgan fingerprint density at radius 3 is 2.92 bits per heavy atom. The van der Waals surface area contributed by atoms with Gasteiger partial charge in [-0.05, 0) is 71.2 Å². The van der Waals surface area contributed by atoms with Gasteiger partial charge in [0.15, 0.2) is 0 Å². The molecule has 0 unspecified atom stereocenters. The zero-order valence-electron chi connectivity index (χ0n) is 21.0. The molecule has 0 radical (unpaired) electrons. The van der Waals surface area contributed by atoms with Crippen LogP contribution in [0.4, 0.5) is 11.4 Å². The molecule has 37 heavy (non-hydrogen) atoms. The minimum Gasteiger partial charge on any atom is -0.496 e. The fourth-order valence-electron chi connectivity index (χ4n) is 4.70. The molecule has 0 amide bonds. The van der Waals surface area contributed by atoms with Crippen molar-refractivity contribution in [3.8, 4) is 17.1 Å². The number of imidazole rings is 1. The van der Waals surface area contributed by atoms with E-state index in [0.29, 0.717) is 29.4 Å². The number of nitrogens with one attached hydrogen (secondary N) is 3. The largest absolute Gasteiger partial charge is 0.496 e. The molecule has 10 heteroatoms. The summed E-state index contributed by atoms with van der Waals surface area (Å²) in [7, 11) is 1.59. The molecule has 1 fully saturated rings. The van der Waals surface area contributed by atoms with Crippen LogP contribution in [0.15, 0.2) is 51.9 Å². The SMILES string of the molecule is COc1ccc([C@@H](O)CNc2cc[nH]c(=O)c2-c2nc3c(C)cc(N4CCO[C@H](C)C4)cc3[nH]2)cc1Br. The average Bonchev–Trinajstić information content (AvgIpc) is 3.31. The summed E-state index contributed by atoms with van der Waals surface area (Å²) >= 11 is 3.46. The van der Waals surface area contributed by atoms with Crippen LogP contribution in [0, 0.1) is 6.92 Å². The Bertz CT molecular complexity index is 1480. The molecule has 9 nitrogen and oxygen atoms in total. The van der Waals surface area contributed by atoms with Crippen molar-refractivity contribution in [2.75, 3.05) is 43.6 Å². The highest BCUT2D eigenvalue weighted by Crippen LogP contribution is 2.31. The summed E-state index contributed by atoms with van der Waals surface area (Å²) in [6, 6.07) is 11.4. The number of aromatic nitrogens is 3. The molecule has 0 bridgehead atoms. The number of H-pyrrole nitrogens is 2. The Hall–Kier alpha value is -3.34. The smallest absolute Gasteiger partial charge is 0.261 e. The maximum absolute atomic E-state index is 12.9. The van der Waals surface area contributed by atoms with Gasteiger partial charge in [-0.25, -0.2) is 4.98 Å². The summed E-state index contributed by atoms with van der Waals surface area (Å²) < 4.78 is 11.7. The van der Waals surface area contributed by atoms with E-state index in [1.54, 1.807) is 25.4 Å². The molecule has 1 saturated heterocycles. The molecule has 4 aromatic rings. The van der Waals surface area contributed by atoms with Crippen molar-refractivity contribution in [1.29, 1.82) is 0 Å². The first kappa shape index (κ1) is 25.3. The first-order chi connectivity index (χ1) is 17.8. The number of methoxy groups -OCH3 is 1. The monoisotopic (exact) mass is 567 g/mol. The second-order valence-corrected chi connectivity index (χ2v) is 10.1. The van der Waals surface area contributed by atoms with Gasteiger partial charge in [0.1, 0.15) is 17.1 Å². The van der Waals surface area contributed by atoms with Crippen LogP contribution in [0.2, 0.25) is 0 Å². The fourth-order valence-corrected chi connectivity index (χ4v) is 5.26. The van der Waals surface area contributed by atoms with E-state index >= 15 is 0 Å². The van der Waals surface area contributed by atoms with Gasteiger partial charge < -0.3 is 34.8 Å². The lowest BCUT2D eigenvalue weighted by molar-refractivity contribution is 0.0532. The minimum absolute atomic E-state index is 0.174. The number of rotatable bonds is 7. The van der Waals surface area contributed by atoms with E-state index in [0.717, 1.165) is 45.4 Å². The number of aliphatic hydroxyl groups is 1. The van der Waals surface area contributed by atoms with Crippen LogP contribution in [-0.2, 0) is 4.74 Å². The van der Waals surface area contributed by atoms with Crippen LogP contribution in [0.3, 0.4) is 0 Å². The number of pyridine rings is 1. The third-order valence-electron chi connectivity index (χ3n) is 6.61. The number of ether oxygens (including phenoxy) is 2. The van der Waals surface area contributed by atoms with Gasteiger partial charge in [0.25, 0.3) is 5.56 Å². The van der Waals surface area contributed by atoms with Crippen LogP contribution >= 0.6 is 15.9 Å². The lowest BCUT2D eigenvalue weighted by atomic mass is 10.1. The molecule has 1 aliphatic rings. The Morgan fingerprint density at radius 2 is 2.16 bits per heavy atom. The highest BCUT2D eigenvalue weighted by atomic mass is 79.9. The number of hydrogen-bond acceptors (Lipinski definition) is 7. The Morgan fingerprint density at radius 1 is 1.32 bits per heavy atom. The topological polar surface area (TPSA) is 116 Å². The van der Waals surface area contributed by atoms with Crippen molar-refractivity contribution in [1.82, 2.24) is 15.0 Å². The summed E-state index contributed by atoms with van der Waals surface area (Å²) in [5, 5.41) is 14.0. The maximum atomic E-state index is 12.9. The van der Waals surface area contributed by atoms with Gasteiger partial charge in [-0.1, -0.05) is 6.07 Å². The van der Waals surface area contributed by atoms with Gasteiger partial charge in [-0.15, -0.1) is 0 Å². The second-order valence-electron chi connectivity index (χ2n) is 9.26. The summed E-state index contributed by atoms with van der Waals surface area (Å²) in [6.07, 6.45) is 0.953. The number of benzene rings is 2. The highest BCUT2D eigenvalue weighted by molar-refractivity contribution is 9.10. The van der Waals surface area contributed by atoms with E-state index in [1.807, 2.05) is 19.1 Å². The molecule has 0 spiro atoms. The number of aryl methyl sites for hydroxylation is 1. The molecule has 2 aromatic heterocycles. The summed E-state index contributed by atoms with van der Waals surface area (Å²) in [5.74, 6) is 1.16. The lowest BCUT2D eigenvalue weighted by Crippen LogP contribution is -2.41. The van der Waals surface area contributed by atoms with Crippen molar-refractivity contribution >= 4 is 38.3 Å². The third-order valence-corrected chi connectivity index (χ3v) is 7.23. The lowest BCUT2D eigenvalue weighted by Gasteiger charge is -2.33. The third kappa shape index (κ3) is 5.22. The van der Waals surface area contributed by atoms with E-state index in [1.165, 1.54) is 0 Å². The van der Waals surface area contributed by atoms with Crippen LogP contribution in [-0.4, -0.2) is 59.5 Å². The van der Waals surface area contributed by atoms with Crippen LogP contribution < -0.4 is 20.5 Å². The standard InChI is InChI=1S/C27H30BrN5O4/c1-15-10-18(33-8-9-37-16(2)14-33)12-21-25(15)32-26(31-21)24-20(6-7-29-27(24)35)30-13-22(34)17-4-5-23(36-3)19(28)11-17/h4-7,10-12,16,22,34H,8-9,13-14H2,1-3H3,(H,31,32)(H2,29,30,35)/t16-,22+/m1/s1. The van der Waals surface area contributed by atoms with Gasteiger partial charge >= 0.3 is 0 Å². The molecule has 1 aliphatic heterocycles. The Balaban J connectivity index is 1.43. The van der Waals surface area contributed by atoms with Crippen LogP contribution in [0.5, 0.6) is 5.75 Å². The van der Waals surface area contributed by atoms with Crippen molar-refractivity contribution in [3.63, 3.8) is 0 Å². The molecule has 4 N–H and O–H groups in total. The predicted octanol–water partition coefficient (Wildman–Crippen LogP) is 4.37. The van der Waals surface area contributed by atoms with E-state index in [9.17, 15) is 9.90 Å². The summed E-state index contributed by atoms with van der Waals surface area (Å²) in [6.45, 7) is 6.65. The zero-order chi connectivity index (χ0) is 26.1. The van der Waals surface area contributed by atoms with Gasteiger partial charge in [0.2, 0.25) is 0 Å². The average molecular weight is 568 g/mol. The Kier molecular flexibility index (Phi) is 7.23. The maximum Gasteiger partial charge on any atom is 0.261 e. The normalized spacial score (nSPS) is 16.7. The Labute approximate surface area is 223 Å². The number of aliphatic hydroxyl groups excluding tert-OH is 1. The number of fused-ring (bicyclic) bond motifs is 1. The van der Waals surface area contributed by atoms with E-state index < -0.39 is 6.10 Å². The number of aromatic amines is 2. The molecule has 2 aromatic carbocycles. The van der Waals surface area contributed by atoms with Gasteiger partial charge in [-0.3, -0.25) is 4.79 Å². The first-order valence-corrected chi connectivity index (χ1v) is 13.0. The summed E-state index contributed by atoms with van der Waals surface area (Å²) in [5.41, 5.74) is 5.22. The van der Waals surface area contributed by atoms with Gasteiger partial charge in [0, 0.05) is 31.5 Å². The molecule has 0 aliphatic carbocycles. The molecular weight excluding hydrogens is 538 g/mol. The fraction of sp³-hybridized carbons (Fsp3) is 0.333. The number of halogens is 1. The molecule has 3 heterocycles. The highest BCUT2D eigenvalue weighted by Gasteiger charge is 2.20. The summed E-state index contributed by atoms with van der Waals surface area (Å²) in [4.78, 5) is 26.1. The van der Waals surface area contributed by atoms with Crippen LogP contribution in [0.25, 0.3) is 22.4 Å². The van der Waals surface area contributed by atoms with Gasteiger partial charge in [0.05, 0.1) is 47.1 Å². The number of morpholine rings is 1. The van der Waals surface area contributed by atoms with Crippen molar-refractivity contribution < 1.29 is 14.6 Å². The quantitative estimate of drug-likeness (QED) is 0.262. The second kappa shape index (κ2) is 10.6. The number of hydrogen-bond donors (Lipinski definition) is 4. The molecular formula is C27H30BrN5O4. The molecule has 0 saturated carbocycles. The van der Waals surface area contributed by atoms with Crippen LogP contribution in [0.1, 0.15) is 24.2 Å². The van der Waals surface area contributed by atoms with Crippen molar-refractivity contribution in [3.05, 3.63) is 68.5 Å². The first-order valence-electron chi connectivity index (χ1n) is 12.2. The van der Waals surface area contributed by atoms with E-state index in [2.05, 4.69) is 55.2 Å². The van der Waals surface area contributed by atoms with E-state index in [-0.39, 0.29) is 18.2 Å². The predicted molar refractivity (Wildman–Crippen MR) is 149 cm³/mol. The van der Waals surface area contributed by atoms with Crippen molar-refractivity contribution in [2.45, 2.75) is 26.1 Å². The minimum atomic E-state index is -0.800. The zero-order valence-corrected chi connectivity index (χ0v) is 22.6.